The van der Waals surface area contributed by atoms with Crippen molar-refractivity contribution in [2.45, 2.75) is 78.2 Å². The Labute approximate surface area is 653 Å². The van der Waals surface area contributed by atoms with Gasteiger partial charge in [0.15, 0.2) is 0 Å². The van der Waals surface area contributed by atoms with Crippen molar-refractivity contribution in [3.63, 3.8) is 0 Å². The van der Waals surface area contributed by atoms with Gasteiger partial charge in [-0.3, -0.25) is 19.9 Å². The average Bonchev–Trinajstić information content (AvgIpc) is 0.805. The Morgan fingerprint density at radius 3 is 0.490 bits per heavy atom. The van der Waals surface area contributed by atoms with Gasteiger partial charge in [0.25, 0.3) is 0 Å². The predicted molar refractivity (Wildman–Crippen MR) is 363 cm³/mol. The topological polar surface area (TPSA) is 348 Å². The number of fused-ring (bicyclic) bond motifs is 6. The number of aliphatic carboxylic acids is 6. The number of pyridine rings is 4. The van der Waals surface area contributed by atoms with Gasteiger partial charge in [-0.1, -0.05) is 158 Å². The van der Waals surface area contributed by atoms with Crippen LogP contribution in [0.3, 0.4) is 0 Å². The van der Waals surface area contributed by atoms with E-state index in [1.807, 2.05) is 60.7 Å². The van der Waals surface area contributed by atoms with E-state index >= 15 is 0 Å². The second-order valence-electron chi connectivity index (χ2n) is 20.8. The molecule has 526 valence electrons. The van der Waals surface area contributed by atoms with Gasteiger partial charge < -0.3 is 87.8 Å². The Morgan fingerprint density at radius 2 is 0.363 bits per heavy atom. The molecule has 22 nitrogen and oxygen atoms in total. The number of carboxylic acid groups (broad SMARTS) is 6. The van der Waals surface area contributed by atoms with Crippen molar-refractivity contribution in [2.75, 3.05) is 0 Å². The number of carbonyl (C=O) groups excluding carboxylic acids is 6. The summed E-state index contributed by atoms with van der Waals surface area (Å²) < 4.78 is 30.1. The van der Waals surface area contributed by atoms with Crippen LogP contribution in [-0.2, 0) is 28.8 Å². The molecular weight excluding hydrogens is 1600 g/mol. The molecule has 4 heterocycles. The van der Waals surface area contributed by atoms with Crippen LogP contribution in [0.1, 0.15) is 41.5 Å². The first-order chi connectivity index (χ1) is 48.1. The number of aromatic nitrogens is 4. The van der Waals surface area contributed by atoms with E-state index in [2.05, 4.69) is 68.5 Å². The third-order valence-electron chi connectivity index (χ3n) is 13.0. The third-order valence-corrected chi connectivity index (χ3v) is 13.0. The zero-order chi connectivity index (χ0) is 72.6. The molecule has 0 unspecified atom stereocenters. The number of benzene rings is 8. The fraction of sp³-hybridized carbons (Fsp3) is 0.154. The number of ether oxygens (including phenoxy) is 6. The van der Waals surface area contributed by atoms with E-state index < -0.39 is 72.4 Å². The Hall–Kier alpha value is -10.3. The molecule has 0 bridgehead atoms. The van der Waals surface area contributed by atoms with Crippen LogP contribution in [-0.4, -0.2) is 92.4 Å². The zero-order valence-corrected chi connectivity index (χ0v) is 60.4. The van der Waals surface area contributed by atoms with E-state index in [9.17, 15) is 59.4 Å². The van der Waals surface area contributed by atoms with Gasteiger partial charge in [-0.05, 0) is 139 Å². The van der Waals surface area contributed by atoms with Gasteiger partial charge in [-0.2, -0.15) is 0 Å². The molecule has 0 amide bonds. The van der Waals surface area contributed by atoms with Gasteiger partial charge in [0.2, 0.25) is 0 Å². The van der Waals surface area contributed by atoms with Crippen molar-refractivity contribution in [2.24, 2.45) is 0 Å². The average molecular weight is 1670 g/mol. The van der Waals surface area contributed by atoms with Crippen LogP contribution in [0, 0.1) is 79.9 Å². The molecule has 0 spiro atoms. The molecule has 2 radical (unpaired) electrons. The SMILES string of the molecule is C[C@@H](Oc1ccccc1)C(=O)[O-].C[C@@H](Oc1ccccc1)C(=O)[O-].C[C@@H](Oc1ccccc1)C(=O)[O-].C[C@H](Oc1ccccc1)C(=O)[O-].C[C@H](Oc1ccccc1)C(=O)[O-].C[C@H](Oc1ccccc1)C(=O)[O-].[Gd+3].[Gd+3].c1cnc2c(c1)ccc1cccnc12.c1cnc2c(c1)ccc1cccnc12. The van der Waals surface area contributed by atoms with E-state index in [0.717, 1.165) is 43.6 Å². The maximum Gasteiger partial charge on any atom is 3.00 e. The standard InChI is InChI=1S/2C12H8N2.6C9H10O3.2Gd/c2*1-3-9-5-6-10-4-2-8-14-12(10)11(9)13-7-1;6*1-7(9(10)11)12-8-5-3-2-4-6-8;;/h2*1-8H;6*2-7H,1H3,(H,10,11);;/q;;;;;;;;2*+3/p-6/t;;6*7-;;/m..111000../s1. The van der Waals surface area contributed by atoms with Crippen LogP contribution in [0.5, 0.6) is 34.5 Å². The maximum absolute atomic E-state index is 10.3. The molecule has 8 aromatic carbocycles. The fourth-order valence-corrected chi connectivity index (χ4v) is 7.87. The van der Waals surface area contributed by atoms with E-state index in [0.29, 0.717) is 34.5 Å². The van der Waals surface area contributed by atoms with Crippen molar-refractivity contribution >= 4 is 79.4 Å². The van der Waals surface area contributed by atoms with Crippen LogP contribution in [0.4, 0.5) is 0 Å². The molecule has 0 aliphatic heterocycles. The van der Waals surface area contributed by atoms with Gasteiger partial charge in [0.05, 0.1) is 57.9 Å². The monoisotopic (exact) mass is 1670 g/mol. The summed E-state index contributed by atoms with van der Waals surface area (Å²) in [6.45, 7) is 8.60. The number of carboxylic acids is 6. The molecule has 0 N–H and O–H groups in total. The van der Waals surface area contributed by atoms with Crippen LogP contribution in [0.25, 0.3) is 43.6 Å². The number of para-hydroxylation sites is 6. The maximum atomic E-state index is 10.3. The van der Waals surface area contributed by atoms with E-state index in [1.54, 1.807) is 170 Å². The van der Waals surface area contributed by atoms with Crippen LogP contribution in [0.15, 0.2) is 280 Å². The molecule has 4 aromatic heterocycles. The summed E-state index contributed by atoms with van der Waals surface area (Å²) in [5, 5.41) is 66.2. The first kappa shape index (κ1) is 85.9. The smallest absolute Gasteiger partial charge is 0.546 e. The fourth-order valence-electron chi connectivity index (χ4n) is 7.87. The van der Waals surface area contributed by atoms with Crippen LogP contribution in [0.2, 0.25) is 0 Å². The van der Waals surface area contributed by atoms with Crippen molar-refractivity contribution in [3.8, 4) is 34.5 Å². The first-order valence-corrected chi connectivity index (χ1v) is 30.8. The molecule has 102 heavy (non-hydrogen) atoms. The molecule has 0 saturated carbocycles. The first-order valence-electron chi connectivity index (χ1n) is 30.8. The van der Waals surface area contributed by atoms with Gasteiger partial charge in [0.1, 0.15) is 71.1 Å². The summed E-state index contributed by atoms with van der Waals surface area (Å²) in [6.07, 6.45) is 1.75. The van der Waals surface area contributed by atoms with Gasteiger partial charge >= 0.3 is 79.9 Å². The Bertz CT molecular complexity index is 3760. The van der Waals surface area contributed by atoms with E-state index in [4.69, 9.17) is 28.4 Å². The van der Waals surface area contributed by atoms with Gasteiger partial charge in [0, 0.05) is 46.3 Å². The largest absolute Gasteiger partial charge is 3.00 e. The Morgan fingerprint density at radius 1 is 0.225 bits per heavy atom. The van der Waals surface area contributed by atoms with Crippen molar-refractivity contribution in [1.29, 1.82) is 0 Å². The summed E-state index contributed by atoms with van der Waals surface area (Å²) in [7, 11) is 0. The van der Waals surface area contributed by atoms with Crippen LogP contribution >= 0.6 is 0 Å². The molecule has 0 fully saturated rings. The summed E-state index contributed by atoms with van der Waals surface area (Å²) in [4.78, 5) is 79.0. The summed E-state index contributed by atoms with van der Waals surface area (Å²) in [6, 6.07) is 76.9. The third kappa shape index (κ3) is 32.3. The summed E-state index contributed by atoms with van der Waals surface area (Å²) >= 11 is 0. The van der Waals surface area contributed by atoms with Gasteiger partial charge in [-0.25, -0.2) is 0 Å². The van der Waals surface area contributed by atoms with Crippen molar-refractivity contribution < 1.29 is 168 Å². The molecule has 24 heteroatoms. The predicted octanol–water partition coefficient (Wildman–Crippen LogP) is 6.79. The molecule has 0 aliphatic carbocycles. The summed E-state index contributed by atoms with van der Waals surface area (Å²) in [5.41, 5.74) is 3.91. The number of rotatable bonds is 18. The molecule has 12 aromatic rings. The molecule has 0 saturated heterocycles. The molecule has 6 atom stereocenters. The van der Waals surface area contributed by atoms with E-state index in [1.165, 1.54) is 41.5 Å². The van der Waals surface area contributed by atoms with Crippen LogP contribution < -0.4 is 59.1 Å². The minimum absolute atomic E-state index is 0. The quantitative estimate of drug-likeness (QED) is 0.0798. The zero-order valence-electron chi connectivity index (χ0n) is 55.9. The second kappa shape index (κ2) is 47.7. The number of carbonyl (C=O) groups is 6. The van der Waals surface area contributed by atoms with E-state index in [-0.39, 0.29) is 79.9 Å². The molecular formula is C78H70Gd2N4O18. The number of hydrogen-bond donors (Lipinski definition) is 0. The van der Waals surface area contributed by atoms with Gasteiger partial charge in [-0.15, -0.1) is 0 Å². The Balaban J connectivity index is 0.000000303. The Kier molecular flexibility index (Phi) is 40.1. The van der Waals surface area contributed by atoms with Crippen molar-refractivity contribution in [1.82, 2.24) is 19.9 Å². The number of hydrogen-bond acceptors (Lipinski definition) is 22. The molecule has 12 rings (SSSR count). The second-order valence-corrected chi connectivity index (χ2v) is 20.8. The normalized spacial score (nSPS) is 11.5. The minimum Gasteiger partial charge on any atom is -0.546 e. The minimum atomic E-state index is -1.21. The summed E-state index contributed by atoms with van der Waals surface area (Å²) in [5.74, 6) is -4.04. The molecule has 0 aliphatic rings. The van der Waals surface area contributed by atoms with Crippen molar-refractivity contribution in [3.05, 3.63) is 280 Å². The number of nitrogens with zero attached hydrogens (tertiary/aromatic N) is 4.